The van der Waals surface area contributed by atoms with Crippen molar-refractivity contribution in [1.82, 2.24) is 14.8 Å². The van der Waals surface area contributed by atoms with Crippen LogP contribution in [0.5, 0.6) is 5.75 Å². The molecule has 0 unspecified atom stereocenters. The molecule has 0 fully saturated rings. The number of rotatable bonds is 6. The zero-order valence-electron chi connectivity index (χ0n) is 11.9. The van der Waals surface area contributed by atoms with Gasteiger partial charge in [0.1, 0.15) is 17.9 Å². The van der Waals surface area contributed by atoms with Gasteiger partial charge in [-0.3, -0.25) is 0 Å². The van der Waals surface area contributed by atoms with E-state index in [1.54, 1.807) is 13.4 Å². The Balaban J connectivity index is 2.07. The van der Waals surface area contributed by atoms with Crippen molar-refractivity contribution in [3.63, 3.8) is 0 Å². The Kier molecular flexibility index (Phi) is 5.00. The number of halogens is 1. The third-order valence-corrected chi connectivity index (χ3v) is 3.54. The molecule has 0 atom stereocenters. The predicted octanol–water partition coefficient (Wildman–Crippen LogP) is 3.32. The fourth-order valence-electron chi connectivity index (χ4n) is 1.86. The molecule has 0 radical (unpaired) electrons. The van der Waals surface area contributed by atoms with Crippen LogP contribution < -0.4 is 10.1 Å². The monoisotopic (exact) mass is 338 g/mol. The van der Waals surface area contributed by atoms with Crippen LogP contribution in [0.1, 0.15) is 19.7 Å². The number of methoxy groups -OCH3 is 1. The first-order chi connectivity index (χ1) is 9.60. The minimum Gasteiger partial charge on any atom is -0.497 e. The molecule has 1 heterocycles. The van der Waals surface area contributed by atoms with Gasteiger partial charge in [-0.1, -0.05) is 13.8 Å². The highest BCUT2D eigenvalue weighted by atomic mass is 79.9. The van der Waals surface area contributed by atoms with Gasteiger partial charge in [0.15, 0.2) is 0 Å². The van der Waals surface area contributed by atoms with Gasteiger partial charge >= 0.3 is 0 Å². The van der Waals surface area contributed by atoms with Crippen molar-refractivity contribution >= 4 is 21.6 Å². The van der Waals surface area contributed by atoms with Gasteiger partial charge in [-0.25, -0.2) is 9.67 Å². The summed E-state index contributed by atoms with van der Waals surface area (Å²) in [7, 11) is 1.66. The minimum absolute atomic E-state index is 0.541. The molecule has 0 bridgehead atoms. The SMILES string of the molecule is COc1ccc(Br)c(NCc2ncnn2CC(C)C)c1. The van der Waals surface area contributed by atoms with E-state index in [0.717, 1.165) is 28.3 Å². The van der Waals surface area contributed by atoms with Crippen molar-refractivity contribution in [2.45, 2.75) is 26.9 Å². The standard InChI is InChI=1S/C14H19BrN4O/c1-10(2)8-19-14(17-9-18-19)7-16-13-6-11(20-3)4-5-12(13)15/h4-6,9-10,16H,7-8H2,1-3H3. The Morgan fingerprint density at radius 1 is 1.40 bits per heavy atom. The molecule has 0 saturated heterocycles. The molecule has 2 aromatic rings. The fourth-order valence-corrected chi connectivity index (χ4v) is 2.25. The highest BCUT2D eigenvalue weighted by Gasteiger charge is 2.07. The van der Waals surface area contributed by atoms with Crippen LogP contribution in [0.25, 0.3) is 0 Å². The van der Waals surface area contributed by atoms with Gasteiger partial charge in [0.05, 0.1) is 19.3 Å². The maximum atomic E-state index is 5.23. The number of nitrogens with one attached hydrogen (secondary N) is 1. The van der Waals surface area contributed by atoms with Crippen molar-refractivity contribution in [1.29, 1.82) is 0 Å². The molecule has 20 heavy (non-hydrogen) atoms. The van der Waals surface area contributed by atoms with E-state index in [2.05, 4.69) is 45.2 Å². The number of nitrogens with zero attached hydrogens (tertiary/aromatic N) is 3. The topological polar surface area (TPSA) is 52.0 Å². The molecule has 0 aliphatic carbocycles. The first kappa shape index (κ1) is 14.8. The summed E-state index contributed by atoms with van der Waals surface area (Å²) in [6.07, 6.45) is 1.60. The van der Waals surface area contributed by atoms with Crippen LogP contribution in [0.3, 0.4) is 0 Å². The Labute approximate surface area is 127 Å². The van der Waals surface area contributed by atoms with Crippen LogP contribution in [0, 0.1) is 5.92 Å². The minimum atomic E-state index is 0.541. The smallest absolute Gasteiger partial charge is 0.146 e. The lowest BCUT2D eigenvalue weighted by Crippen LogP contribution is -2.13. The van der Waals surface area contributed by atoms with Crippen LogP contribution in [0.4, 0.5) is 5.69 Å². The molecule has 1 aromatic heterocycles. The maximum Gasteiger partial charge on any atom is 0.146 e. The predicted molar refractivity (Wildman–Crippen MR) is 82.9 cm³/mol. The highest BCUT2D eigenvalue weighted by Crippen LogP contribution is 2.27. The molecule has 6 heteroatoms. The number of hydrogen-bond donors (Lipinski definition) is 1. The number of hydrogen-bond acceptors (Lipinski definition) is 4. The molecule has 0 saturated carbocycles. The molecular weight excluding hydrogens is 320 g/mol. The summed E-state index contributed by atoms with van der Waals surface area (Å²) in [6, 6.07) is 5.82. The molecule has 108 valence electrons. The quantitative estimate of drug-likeness (QED) is 0.877. The molecular formula is C14H19BrN4O. The molecule has 0 aliphatic rings. The highest BCUT2D eigenvalue weighted by molar-refractivity contribution is 9.10. The number of ether oxygens (including phenoxy) is 1. The summed E-state index contributed by atoms with van der Waals surface area (Å²) < 4.78 is 8.16. The summed E-state index contributed by atoms with van der Waals surface area (Å²) >= 11 is 3.52. The second kappa shape index (κ2) is 6.74. The Morgan fingerprint density at radius 3 is 2.90 bits per heavy atom. The lowest BCUT2D eigenvalue weighted by molar-refractivity contribution is 0.415. The van der Waals surface area contributed by atoms with Crippen molar-refractivity contribution in [3.8, 4) is 5.75 Å². The second-order valence-corrected chi connectivity index (χ2v) is 5.81. The Hall–Kier alpha value is -1.56. The summed E-state index contributed by atoms with van der Waals surface area (Å²) in [5.41, 5.74) is 0.975. The van der Waals surface area contributed by atoms with E-state index in [1.165, 1.54) is 0 Å². The van der Waals surface area contributed by atoms with Gasteiger partial charge < -0.3 is 10.1 Å². The van der Waals surface area contributed by atoms with E-state index in [-0.39, 0.29) is 0 Å². The van der Waals surface area contributed by atoms with E-state index in [9.17, 15) is 0 Å². The van der Waals surface area contributed by atoms with Crippen molar-refractivity contribution in [2.24, 2.45) is 5.92 Å². The molecule has 5 nitrogen and oxygen atoms in total. The van der Waals surface area contributed by atoms with Crippen LogP contribution >= 0.6 is 15.9 Å². The van der Waals surface area contributed by atoms with E-state index in [4.69, 9.17) is 4.74 Å². The maximum absolute atomic E-state index is 5.23. The van der Waals surface area contributed by atoms with Crippen molar-refractivity contribution in [3.05, 3.63) is 34.8 Å². The largest absolute Gasteiger partial charge is 0.497 e. The molecule has 1 aromatic carbocycles. The molecule has 0 spiro atoms. The van der Waals surface area contributed by atoms with Gasteiger partial charge in [0.25, 0.3) is 0 Å². The summed E-state index contributed by atoms with van der Waals surface area (Å²) in [5, 5.41) is 7.61. The van der Waals surface area contributed by atoms with Gasteiger partial charge in [-0.2, -0.15) is 5.10 Å². The molecule has 0 aliphatic heterocycles. The third-order valence-electron chi connectivity index (χ3n) is 2.84. The van der Waals surface area contributed by atoms with Crippen molar-refractivity contribution < 1.29 is 4.74 Å². The van der Waals surface area contributed by atoms with E-state index < -0.39 is 0 Å². The first-order valence-corrected chi connectivity index (χ1v) is 7.33. The molecule has 2 rings (SSSR count). The van der Waals surface area contributed by atoms with Crippen LogP contribution in [0.2, 0.25) is 0 Å². The van der Waals surface area contributed by atoms with Gasteiger partial charge in [-0.15, -0.1) is 0 Å². The van der Waals surface area contributed by atoms with Crippen LogP contribution in [-0.4, -0.2) is 21.9 Å². The first-order valence-electron chi connectivity index (χ1n) is 6.54. The lowest BCUT2D eigenvalue weighted by atomic mass is 10.2. The summed E-state index contributed by atoms with van der Waals surface area (Å²) in [5.74, 6) is 2.28. The second-order valence-electron chi connectivity index (χ2n) is 4.95. The summed E-state index contributed by atoms with van der Waals surface area (Å²) in [4.78, 5) is 4.30. The van der Waals surface area contributed by atoms with Crippen molar-refractivity contribution in [2.75, 3.05) is 12.4 Å². The average molecular weight is 339 g/mol. The fraction of sp³-hybridized carbons (Fsp3) is 0.429. The zero-order valence-corrected chi connectivity index (χ0v) is 13.5. The third kappa shape index (κ3) is 3.72. The van der Waals surface area contributed by atoms with Gasteiger partial charge in [-0.05, 0) is 34.0 Å². The van der Waals surface area contributed by atoms with Gasteiger partial charge in [0, 0.05) is 17.1 Å². The normalized spacial score (nSPS) is 10.8. The molecule has 1 N–H and O–H groups in total. The van der Waals surface area contributed by atoms with E-state index >= 15 is 0 Å². The van der Waals surface area contributed by atoms with Crippen LogP contribution in [0.15, 0.2) is 29.0 Å². The van der Waals surface area contributed by atoms with E-state index in [1.807, 2.05) is 22.9 Å². The average Bonchev–Trinajstić information content (AvgIpc) is 2.84. The zero-order chi connectivity index (χ0) is 14.5. The van der Waals surface area contributed by atoms with E-state index in [0.29, 0.717) is 12.5 Å². The number of benzene rings is 1. The van der Waals surface area contributed by atoms with Gasteiger partial charge in [0.2, 0.25) is 0 Å². The number of anilines is 1. The Morgan fingerprint density at radius 2 is 2.20 bits per heavy atom. The Bertz CT molecular complexity index is 568. The lowest BCUT2D eigenvalue weighted by Gasteiger charge is -2.12. The molecule has 0 amide bonds. The summed E-state index contributed by atoms with van der Waals surface area (Å²) in [6.45, 7) is 5.82. The number of aromatic nitrogens is 3. The van der Waals surface area contributed by atoms with Crippen LogP contribution in [-0.2, 0) is 13.1 Å².